The van der Waals surface area contributed by atoms with Crippen LogP contribution in [-0.4, -0.2) is 31.3 Å². The lowest BCUT2D eigenvalue weighted by molar-refractivity contribution is -0.384. The Bertz CT molecular complexity index is 559. The van der Waals surface area contributed by atoms with Crippen molar-refractivity contribution in [3.63, 3.8) is 0 Å². The van der Waals surface area contributed by atoms with Gasteiger partial charge in [0, 0.05) is 7.05 Å². The van der Waals surface area contributed by atoms with Gasteiger partial charge in [-0.1, -0.05) is 25.7 Å². The molecule has 0 bridgehead atoms. The van der Waals surface area contributed by atoms with E-state index in [2.05, 4.69) is 10.4 Å². The molecule has 0 unspecified atom stereocenters. The molecule has 1 aromatic rings. The van der Waals surface area contributed by atoms with E-state index in [9.17, 15) is 20.0 Å². The number of carbonyl (C=O) groups is 1. The van der Waals surface area contributed by atoms with E-state index in [1.165, 1.54) is 4.68 Å². The predicted molar refractivity (Wildman–Crippen MR) is 76.3 cm³/mol. The molecule has 1 aliphatic rings. The molecule has 0 radical (unpaired) electrons. The van der Waals surface area contributed by atoms with Gasteiger partial charge < -0.3 is 10.4 Å². The average molecular weight is 296 g/mol. The number of anilines is 1. The summed E-state index contributed by atoms with van der Waals surface area (Å²) in [6, 6.07) is 0. The SMILES string of the molecule is Cc1nn(C)c(NC2(C(=O)O)CCCCCC2)c1[N+](=O)[O-]. The molecule has 1 aromatic heterocycles. The van der Waals surface area contributed by atoms with E-state index < -0.39 is 16.4 Å². The third-order valence-electron chi connectivity index (χ3n) is 4.10. The Balaban J connectivity index is 2.42. The van der Waals surface area contributed by atoms with E-state index in [1.54, 1.807) is 14.0 Å². The normalized spacial score (nSPS) is 18.0. The van der Waals surface area contributed by atoms with Crippen molar-refractivity contribution >= 4 is 17.5 Å². The van der Waals surface area contributed by atoms with Crippen molar-refractivity contribution in [1.82, 2.24) is 9.78 Å². The number of carboxylic acids is 1. The fourth-order valence-corrected chi connectivity index (χ4v) is 2.96. The molecular weight excluding hydrogens is 276 g/mol. The first-order chi connectivity index (χ1) is 9.87. The Hall–Kier alpha value is -2.12. The van der Waals surface area contributed by atoms with Gasteiger partial charge in [-0.2, -0.15) is 5.10 Å². The largest absolute Gasteiger partial charge is 0.480 e. The first-order valence-electron chi connectivity index (χ1n) is 7.07. The highest BCUT2D eigenvalue weighted by atomic mass is 16.6. The predicted octanol–water partition coefficient (Wildman–Crippen LogP) is 2.23. The maximum Gasteiger partial charge on any atom is 0.333 e. The quantitative estimate of drug-likeness (QED) is 0.501. The second-order valence-electron chi connectivity index (χ2n) is 5.59. The third kappa shape index (κ3) is 2.84. The number of hydrogen-bond donors (Lipinski definition) is 2. The van der Waals surface area contributed by atoms with Gasteiger partial charge in [-0.15, -0.1) is 0 Å². The number of carboxylic acid groups (broad SMARTS) is 1. The van der Waals surface area contributed by atoms with Crippen molar-refractivity contribution in [1.29, 1.82) is 0 Å². The molecule has 2 N–H and O–H groups in total. The molecule has 1 fully saturated rings. The zero-order chi connectivity index (χ0) is 15.6. The highest BCUT2D eigenvalue weighted by molar-refractivity contribution is 5.83. The summed E-state index contributed by atoms with van der Waals surface area (Å²) in [5, 5.41) is 27.8. The van der Waals surface area contributed by atoms with Crippen molar-refractivity contribution in [2.24, 2.45) is 7.05 Å². The minimum Gasteiger partial charge on any atom is -0.480 e. The van der Waals surface area contributed by atoms with Crippen LogP contribution < -0.4 is 5.32 Å². The van der Waals surface area contributed by atoms with Gasteiger partial charge >= 0.3 is 11.7 Å². The van der Waals surface area contributed by atoms with Crippen LogP contribution in [0, 0.1) is 17.0 Å². The topological polar surface area (TPSA) is 110 Å². The second kappa shape index (κ2) is 5.71. The van der Waals surface area contributed by atoms with Crippen molar-refractivity contribution in [3.05, 3.63) is 15.8 Å². The van der Waals surface area contributed by atoms with E-state index in [0.717, 1.165) is 25.7 Å². The van der Waals surface area contributed by atoms with Crippen molar-refractivity contribution in [2.75, 3.05) is 5.32 Å². The van der Waals surface area contributed by atoms with E-state index >= 15 is 0 Å². The second-order valence-corrected chi connectivity index (χ2v) is 5.59. The average Bonchev–Trinajstić information content (AvgIpc) is 2.58. The number of aromatic nitrogens is 2. The molecule has 1 aliphatic carbocycles. The summed E-state index contributed by atoms with van der Waals surface area (Å²) in [6.45, 7) is 1.55. The van der Waals surface area contributed by atoms with Crippen molar-refractivity contribution < 1.29 is 14.8 Å². The summed E-state index contributed by atoms with van der Waals surface area (Å²) in [4.78, 5) is 22.5. The lowest BCUT2D eigenvalue weighted by atomic mass is 9.90. The highest BCUT2D eigenvalue weighted by Gasteiger charge is 2.41. The lowest BCUT2D eigenvalue weighted by Gasteiger charge is -2.29. The zero-order valence-corrected chi connectivity index (χ0v) is 12.3. The number of aryl methyl sites for hydroxylation is 2. The molecule has 1 saturated carbocycles. The number of hydrogen-bond acceptors (Lipinski definition) is 5. The molecule has 1 heterocycles. The van der Waals surface area contributed by atoms with Crippen LogP contribution in [0.5, 0.6) is 0 Å². The summed E-state index contributed by atoms with van der Waals surface area (Å²) in [5.41, 5.74) is -1.02. The molecule has 0 aromatic carbocycles. The third-order valence-corrected chi connectivity index (χ3v) is 4.10. The van der Waals surface area contributed by atoms with Crippen LogP contribution in [-0.2, 0) is 11.8 Å². The Kier molecular flexibility index (Phi) is 4.15. The van der Waals surface area contributed by atoms with E-state index in [-0.39, 0.29) is 17.2 Å². The van der Waals surface area contributed by atoms with Gasteiger partial charge in [-0.05, 0) is 19.8 Å². The highest BCUT2D eigenvalue weighted by Crippen LogP contribution is 2.35. The maximum atomic E-state index is 11.8. The molecule has 0 spiro atoms. The zero-order valence-electron chi connectivity index (χ0n) is 12.3. The van der Waals surface area contributed by atoms with Gasteiger partial charge in [0.1, 0.15) is 11.2 Å². The van der Waals surface area contributed by atoms with Crippen LogP contribution in [0.2, 0.25) is 0 Å². The van der Waals surface area contributed by atoms with Gasteiger partial charge in [0.15, 0.2) is 0 Å². The molecule has 116 valence electrons. The smallest absolute Gasteiger partial charge is 0.333 e. The molecule has 8 heteroatoms. The van der Waals surface area contributed by atoms with Crippen LogP contribution in [0.25, 0.3) is 0 Å². The molecule has 8 nitrogen and oxygen atoms in total. The Morgan fingerprint density at radius 1 is 1.38 bits per heavy atom. The van der Waals surface area contributed by atoms with E-state index in [4.69, 9.17) is 0 Å². The van der Waals surface area contributed by atoms with Gasteiger partial charge in [0.05, 0.1) is 4.92 Å². The van der Waals surface area contributed by atoms with Gasteiger partial charge in [0.25, 0.3) is 0 Å². The Morgan fingerprint density at radius 2 is 1.95 bits per heavy atom. The molecule has 0 amide bonds. The summed E-state index contributed by atoms with van der Waals surface area (Å²) < 4.78 is 1.35. The number of nitrogens with zero attached hydrogens (tertiary/aromatic N) is 3. The van der Waals surface area contributed by atoms with Crippen LogP contribution in [0.4, 0.5) is 11.5 Å². The van der Waals surface area contributed by atoms with Crippen LogP contribution in [0.1, 0.15) is 44.2 Å². The fourth-order valence-electron chi connectivity index (χ4n) is 2.96. The summed E-state index contributed by atoms with van der Waals surface area (Å²) >= 11 is 0. The Labute approximate surface area is 122 Å². The van der Waals surface area contributed by atoms with Gasteiger partial charge in [-0.3, -0.25) is 10.1 Å². The van der Waals surface area contributed by atoms with Crippen LogP contribution in [0.15, 0.2) is 0 Å². The first-order valence-corrected chi connectivity index (χ1v) is 7.07. The number of nitro groups is 1. The van der Waals surface area contributed by atoms with Crippen LogP contribution in [0.3, 0.4) is 0 Å². The number of nitrogens with one attached hydrogen (secondary N) is 1. The minimum atomic E-state index is -1.15. The van der Waals surface area contributed by atoms with E-state index in [0.29, 0.717) is 12.8 Å². The summed E-state index contributed by atoms with van der Waals surface area (Å²) in [7, 11) is 1.58. The molecule has 0 atom stereocenters. The summed E-state index contributed by atoms with van der Waals surface area (Å²) in [5.74, 6) is -0.792. The monoisotopic (exact) mass is 296 g/mol. The number of aliphatic carboxylic acids is 1. The molecule has 0 aliphatic heterocycles. The number of rotatable bonds is 4. The molecular formula is C13H20N4O4. The molecule has 2 rings (SSSR count). The first kappa shape index (κ1) is 15.3. The summed E-state index contributed by atoms with van der Waals surface area (Å²) in [6.07, 6.45) is 4.49. The van der Waals surface area contributed by atoms with Crippen LogP contribution >= 0.6 is 0 Å². The standard InChI is InChI=1S/C13H20N4O4/c1-9-10(17(20)21)11(16(2)15-9)14-13(12(18)19)7-5-3-4-6-8-13/h14H,3-8H2,1-2H3,(H,18,19). The van der Waals surface area contributed by atoms with Crippen molar-refractivity contribution in [2.45, 2.75) is 51.0 Å². The van der Waals surface area contributed by atoms with Gasteiger partial charge in [0.2, 0.25) is 5.82 Å². The fraction of sp³-hybridized carbons (Fsp3) is 0.692. The minimum absolute atomic E-state index is 0.151. The van der Waals surface area contributed by atoms with E-state index in [1.807, 2.05) is 0 Å². The van der Waals surface area contributed by atoms with Crippen molar-refractivity contribution in [3.8, 4) is 0 Å². The molecule has 0 saturated heterocycles. The van der Waals surface area contributed by atoms with Gasteiger partial charge in [-0.25, -0.2) is 9.48 Å². The molecule has 21 heavy (non-hydrogen) atoms. The Morgan fingerprint density at radius 3 is 2.43 bits per heavy atom. The maximum absolute atomic E-state index is 11.8. The lowest BCUT2D eigenvalue weighted by Crippen LogP contribution is -2.46.